The number of nitrogens with one attached hydrogen (secondary N) is 1. The van der Waals surface area contributed by atoms with Crippen molar-refractivity contribution < 1.29 is 18.8 Å². The van der Waals surface area contributed by atoms with Crippen LogP contribution in [0.5, 0.6) is 5.75 Å². The zero-order chi connectivity index (χ0) is 17.1. The van der Waals surface area contributed by atoms with Gasteiger partial charge in [0.15, 0.2) is 5.76 Å². The summed E-state index contributed by atoms with van der Waals surface area (Å²) in [5, 5.41) is 1.02. The van der Waals surface area contributed by atoms with Gasteiger partial charge in [0.2, 0.25) is 0 Å². The minimum atomic E-state index is -0.0745. The van der Waals surface area contributed by atoms with E-state index in [1.807, 2.05) is 4.90 Å². The Morgan fingerprint density at radius 2 is 2.00 bits per heavy atom. The number of halogens is 2. The molecule has 1 N–H and O–H groups in total. The minimum Gasteiger partial charge on any atom is -0.484 e. The van der Waals surface area contributed by atoms with Crippen LogP contribution in [0.4, 0.5) is 0 Å². The summed E-state index contributed by atoms with van der Waals surface area (Å²) in [5.41, 5.74) is 0. The number of hydrogen-bond donors (Lipinski definition) is 1. The predicted molar refractivity (Wildman–Crippen MR) is 92.0 cm³/mol. The summed E-state index contributed by atoms with van der Waals surface area (Å²) in [6.45, 7) is 3.58. The van der Waals surface area contributed by atoms with E-state index >= 15 is 0 Å². The molecule has 1 aromatic heterocycles. The van der Waals surface area contributed by atoms with Crippen LogP contribution in [-0.2, 0) is 6.61 Å². The zero-order valence-corrected chi connectivity index (χ0v) is 14.9. The Hall–Kier alpha value is -1.69. The maximum atomic E-state index is 12.4. The summed E-state index contributed by atoms with van der Waals surface area (Å²) in [4.78, 5) is 15.7. The highest BCUT2D eigenvalue weighted by Gasteiger charge is 2.24. The van der Waals surface area contributed by atoms with Gasteiger partial charge < -0.3 is 19.0 Å². The van der Waals surface area contributed by atoms with Crippen LogP contribution in [0.15, 0.2) is 34.7 Å². The number of quaternary nitrogens is 1. The number of rotatable bonds is 4. The van der Waals surface area contributed by atoms with Gasteiger partial charge in [-0.15, -0.1) is 0 Å². The Balaban J connectivity index is 1.61. The summed E-state index contributed by atoms with van der Waals surface area (Å²) >= 11 is 12.0. The lowest BCUT2D eigenvalue weighted by molar-refractivity contribution is -0.883. The first-order valence-corrected chi connectivity index (χ1v) is 8.55. The van der Waals surface area contributed by atoms with Crippen LogP contribution in [-0.4, -0.2) is 44.0 Å². The number of hydrogen-bond acceptors (Lipinski definition) is 3. The normalized spacial score (nSPS) is 15.5. The monoisotopic (exact) mass is 369 g/mol. The van der Waals surface area contributed by atoms with Crippen molar-refractivity contribution in [3.8, 4) is 5.75 Å². The van der Waals surface area contributed by atoms with E-state index in [4.69, 9.17) is 32.4 Å². The molecule has 0 aliphatic carbocycles. The first-order valence-electron chi connectivity index (χ1n) is 7.80. The molecule has 1 aliphatic rings. The summed E-state index contributed by atoms with van der Waals surface area (Å²) in [5.74, 6) is 1.31. The van der Waals surface area contributed by atoms with Crippen LogP contribution in [0.3, 0.4) is 0 Å². The SMILES string of the molecule is C[NH+]1CCN(C(=O)c2ccc(COc3cc(Cl)ccc3Cl)o2)CC1. The quantitative estimate of drug-likeness (QED) is 0.897. The van der Waals surface area contributed by atoms with E-state index in [0.29, 0.717) is 27.3 Å². The molecule has 128 valence electrons. The number of benzene rings is 1. The molecule has 0 atom stereocenters. The molecule has 0 radical (unpaired) electrons. The second kappa shape index (κ2) is 7.47. The minimum absolute atomic E-state index is 0.0745. The second-order valence-corrected chi connectivity index (χ2v) is 6.72. The molecule has 0 spiro atoms. The predicted octanol–water partition coefficient (Wildman–Crippen LogP) is 2.14. The standard InChI is InChI=1S/C17H18Cl2N2O3/c1-20-6-8-21(9-7-20)17(22)15-5-3-13(24-15)11-23-16-10-12(18)2-4-14(16)19/h2-5,10H,6-9,11H2,1H3/p+1. The van der Waals surface area contributed by atoms with Crippen LogP contribution >= 0.6 is 23.2 Å². The average Bonchev–Trinajstić information content (AvgIpc) is 3.05. The molecule has 24 heavy (non-hydrogen) atoms. The van der Waals surface area contributed by atoms with Crippen LogP contribution in [0.25, 0.3) is 0 Å². The van der Waals surface area contributed by atoms with Crippen molar-refractivity contribution in [1.29, 1.82) is 0 Å². The number of likely N-dealkylation sites (N-methyl/N-ethyl adjacent to an activating group) is 1. The first-order chi connectivity index (χ1) is 11.5. The first kappa shape index (κ1) is 17.1. The molecule has 1 aliphatic heterocycles. The maximum Gasteiger partial charge on any atom is 0.289 e. The van der Waals surface area contributed by atoms with E-state index in [0.717, 1.165) is 26.2 Å². The molecule has 0 saturated carbocycles. The van der Waals surface area contributed by atoms with E-state index in [1.165, 1.54) is 4.90 Å². The van der Waals surface area contributed by atoms with Crippen molar-refractivity contribution in [2.75, 3.05) is 33.2 Å². The van der Waals surface area contributed by atoms with Gasteiger partial charge in [0.05, 0.1) is 38.2 Å². The van der Waals surface area contributed by atoms with E-state index in [1.54, 1.807) is 30.3 Å². The fraction of sp³-hybridized carbons (Fsp3) is 0.353. The highest BCUT2D eigenvalue weighted by Crippen LogP contribution is 2.28. The summed E-state index contributed by atoms with van der Waals surface area (Å²) in [6, 6.07) is 8.44. The summed E-state index contributed by atoms with van der Waals surface area (Å²) in [6.07, 6.45) is 0. The number of carbonyl (C=O) groups is 1. The Bertz CT molecular complexity index is 724. The highest BCUT2D eigenvalue weighted by atomic mass is 35.5. The van der Waals surface area contributed by atoms with Gasteiger partial charge in [-0.2, -0.15) is 0 Å². The largest absolute Gasteiger partial charge is 0.484 e. The van der Waals surface area contributed by atoms with E-state index < -0.39 is 0 Å². The molecule has 0 unspecified atom stereocenters. The third-order valence-electron chi connectivity index (χ3n) is 4.04. The molecule has 5 nitrogen and oxygen atoms in total. The third-order valence-corrected chi connectivity index (χ3v) is 4.59. The highest BCUT2D eigenvalue weighted by molar-refractivity contribution is 6.34. The van der Waals surface area contributed by atoms with E-state index in [9.17, 15) is 4.79 Å². The average molecular weight is 370 g/mol. The van der Waals surface area contributed by atoms with Gasteiger partial charge in [-0.3, -0.25) is 4.79 Å². The maximum absolute atomic E-state index is 12.4. The topological polar surface area (TPSA) is 47.1 Å². The molecule has 1 saturated heterocycles. The van der Waals surface area contributed by atoms with E-state index in [-0.39, 0.29) is 12.5 Å². The number of carbonyl (C=O) groups excluding carboxylic acids is 1. The molecule has 7 heteroatoms. The van der Waals surface area contributed by atoms with Crippen molar-refractivity contribution in [3.05, 3.63) is 51.9 Å². The Kier molecular flexibility index (Phi) is 5.33. The number of piperazine rings is 1. The van der Waals surface area contributed by atoms with Crippen molar-refractivity contribution in [3.63, 3.8) is 0 Å². The molecule has 1 fully saturated rings. The van der Waals surface area contributed by atoms with Crippen LogP contribution < -0.4 is 9.64 Å². The third kappa shape index (κ3) is 4.04. The lowest BCUT2D eigenvalue weighted by atomic mass is 10.3. The van der Waals surface area contributed by atoms with Crippen LogP contribution in [0, 0.1) is 0 Å². The van der Waals surface area contributed by atoms with Gasteiger partial charge in [0.25, 0.3) is 5.91 Å². The van der Waals surface area contributed by atoms with Gasteiger partial charge >= 0.3 is 0 Å². The fourth-order valence-electron chi connectivity index (χ4n) is 2.55. The van der Waals surface area contributed by atoms with Gasteiger partial charge in [0.1, 0.15) is 18.1 Å². The van der Waals surface area contributed by atoms with Gasteiger partial charge in [0, 0.05) is 11.1 Å². The number of furan rings is 1. The van der Waals surface area contributed by atoms with Crippen molar-refractivity contribution >= 4 is 29.1 Å². The molecule has 0 bridgehead atoms. The van der Waals surface area contributed by atoms with Crippen molar-refractivity contribution in [2.45, 2.75) is 6.61 Å². The van der Waals surface area contributed by atoms with Gasteiger partial charge in [-0.05, 0) is 24.3 Å². The van der Waals surface area contributed by atoms with Crippen LogP contribution in [0.2, 0.25) is 10.0 Å². The Morgan fingerprint density at radius 3 is 2.75 bits per heavy atom. The molecule has 2 aromatic rings. The molecular weight excluding hydrogens is 351 g/mol. The lowest BCUT2D eigenvalue weighted by Crippen LogP contribution is -3.12. The zero-order valence-electron chi connectivity index (χ0n) is 13.4. The van der Waals surface area contributed by atoms with Gasteiger partial charge in [-0.1, -0.05) is 23.2 Å². The number of nitrogens with zero attached hydrogens (tertiary/aromatic N) is 1. The molecule has 1 amide bonds. The smallest absolute Gasteiger partial charge is 0.289 e. The fourth-order valence-corrected chi connectivity index (χ4v) is 2.89. The Labute approximate surface area is 150 Å². The molecular formula is C17H19Cl2N2O3+. The molecule has 3 rings (SSSR count). The summed E-state index contributed by atoms with van der Waals surface area (Å²) < 4.78 is 11.2. The number of amides is 1. The Morgan fingerprint density at radius 1 is 1.25 bits per heavy atom. The summed E-state index contributed by atoms with van der Waals surface area (Å²) in [7, 11) is 2.13. The molecule has 2 heterocycles. The van der Waals surface area contributed by atoms with Crippen molar-refractivity contribution in [1.82, 2.24) is 4.90 Å². The second-order valence-electron chi connectivity index (χ2n) is 5.88. The molecule has 1 aromatic carbocycles. The van der Waals surface area contributed by atoms with E-state index in [2.05, 4.69) is 7.05 Å². The lowest BCUT2D eigenvalue weighted by Gasteiger charge is -2.29. The number of ether oxygens (including phenoxy) is 1. The van der Waals surface area contributed by atoms with Crippen molar-refractivity contribution in [2.24, 2.45) is 0 Å². The van der Waals surface area contributed by atoms with Crippen LogP contribution in [0.1, 0.15) is 16.3 Å². The van der Waals surface area contributed by atoms with Gasteiger partial charge in [-0.25, -0.2) is 0 Å².